The standard InChI is InChI=1S/C15H14F2N2O2/c16-12-2-1-3-13(17)14(12)15(20)19-10-4-6-11(7-5-10)21-9-8-18/h1-7H,8-9,18H2,(H,19,20). The highest BCUT2D eigenvalue weighted by Gasteiger charge is 2.16. The summed E-state index contributed by atoms with van der Waals surface area (Å²) in [5, 5.41) is 2.42. The van der Waals surface area contributed by atoms with E-state index in [0.717, 1.165) is 12.1 Å². The van der Waals surface area contributed by atoms with Gasteiger partial charge in [-0.25, -0.2) is 8.78 Å². The molecule has 0 saturated heterocycles. The highest BCUT2D eigenvalue weighted by atomic mass is 19.1. The van der Waals surface area contributed by atoms with E-state index in [2.05, 4.69) is 5.32 Å². The second-order valence-corrected chi connectivity index (χ2v) is 4.21. The molecule has 0 spiro atoms. The summed E-state index contributed by atoms with van der Waals surface area (Å²) in [5.41, 5.74) is 5.11. The molecule has 2 aromatic rings. The maximum Gasteiger partial charge on any atom is 0.261 e. The van der Waals surface area contributed by atoms with Crippen molar-refractivity contribution in [3.8, 4) is 5.75 Å². The van der Waals surface area contributed by atoms with Crippen LogP contribution in [0.15, 0.2) is 42.5 Å². The third kappa shape index (κ3) is 3.76. The number of amides is 1. The largest absolute Gasteiger partial charge is 0.492 e. The summed E-state index contributed by atoms with van der Waals surface area (Å²) in [5.74, 6) is -2.07. The maximum absolute atomic E-state index is 13.5. The van der Waals surface area contributed by atoms with Crippen molar-refractivity contribution in [3.05, 3.63) is 59.7 Å². The Morgan fingerprint density at radius 2 is 1.71 bits per heavy atom. The Kier molecular flexibility index (Phi) is 4.84. The van der Waals surface area contributed by atoms with Crippen molar-refractivity contribution in [1.82, 2.24) is 0 Å². The molecule has 2 rings (SSSR count). The zero-order valence-electron chi connectivity index (χ0n) is 11.1. The van der Waals surface area contributed by atoms with E-state index in [4.69, 9.17) is 10.5 Å². The zero-order valence-corrected chi connectivity index (χ0v) is 11.1. The first-order valence-corrected chi connectivity index (χ1v) is 6.30. The molecule has 21 heavy (non-hydrogen) atoms. The molecule has 0 unspecified atom stereocenters. The van der Waals surface area contributed by atoms with Crippen LogP contribution in [0.5, 0.6) is 5.75 Å². The number of hydrogen-bond acceptors (Lipinski definition) is 3. The monoisotopic (exact) mass is 292 g/mol. The fourth-order valence-corrected chi connectivity index (χ4v) is 1.72. The van der Waals surface area contributed by atoms with Crippen molar-refractivity contribution in [1.29, 1.82) is 0 Å². The maximum atomic E-state index is 13.5. The Morgan fingerprint density at radius 3 is 2.29 bits per heavy atom. The lowest BCUT2D eigenvalue weighted by Crippen LogP contribution is -2.15. The van der Waals surface area contributed by atoms with Gasteiger partial charge in [0.05, 0.1) is 0 Å². The Labute approximate surface area is 120 Å². The van der Waals surface area contributed by atoms with Crippen LogP contribution in [0.4, 0.5) is 14.5 Å². The van der Waals surface area contributed by atoms with Crippen LogP contribution in [0.1, 0.15) is 10.4 Å². The predicted octanol–water partition coefficient (Wildman–Crippen LogP) is 2.55. The fraction of sp³-hybridized carbons (Fsp3) is 0.133. The molecule has 0 aromatic heterocycles. The Bertz CT molecular complexity index is 610. The van der Waals surface area contributed by atoms with Crippen molar-refractivity contribution < 1.29 is 18.3 Å². The second kappa shape index (κ2) is 6.81. The third-order valence-corrected chi connectivity index (χ3v) is 2.69. The van der Waals surface area contributed by atoms with Gasteiger partial charge in [-0.2, -0.15) is 0 Å². The lowest BCUT2D eigenvalue weighted by molar-refractivity contribution is 0.101. The minimum Gasteiger partial charge on any atom is -0.492 e. The summed E-state index contributed by atoms with van der Waals surface area (Å²) in [7, 11) is 0. The zero-order chi connectivity index (χ0) is 15.2. The molecule has 1 amide bonds. The summed E-state index contributed by atoms with van der Waals surface area (Å²) in [6.45, 7) is 0.775. The van der Waals surface area contributed by atoms with Crippen LogP contribution in [0.2, 0.25) is 0 Å². The lowest BCUT2D eigenvalue weighted by atomic mass is 10.2. The minimum absolute atomic E-state index is 0.381. The van der Waals surface area contributed by atoms with Gasteiger partial charge < -0.3 is 15.8 Å². The van der Waals surface area contributed by atoms with E-state index in [1.54, 1.807) is 24.3 Å². The van der Waals surface area contributed by atoms with Gasteiger partial charge in [0.1, 0.15) is 29.6 Å². The van der Waals surface area contributed by atoms with Crippen molar-refractivity contribution in [3.63, 3.8) is 0 Å². The van der Waals surface area contributed by atoms with Crippen molar-refractivity contribution >= 4 is 11.6 Å². The first-order valence-electron chi connectivity index (χ1n) is 6.30. The average Bonchev–Trinajstić information content (AvgIpc) is 2.46. The molecule has 0 atom stereocenters. The van der Waals surface area contributed by atoms with Gasteiger partial charge in [-0.1, -0.05) is 6.07 Å². The molecule has 4 nitrogen and oxygen atoms in total. The number of hydrogen-bond donors (Lipinski definition) is 2. The molecule has 0 radical (unpaired) electrons. The van der Waals surface area contributed by atoms with Gasteiger partial charge in [0.15, 0.2) is 0 Å². The van der Waals surface area contributed by atoms with Gasteiger partial charge in [-0.05, 0) is 36.4 Å². The molecule has 2 aromatic carbocycles. The Balaban J connectivity index is 2.09. The summed E-state index contributed by atoms with van der Waals surface area (Å²) in [6, 6.07) is 9.66. The van der Waals surface area contributed by atoms with Crippen LogP contribution in [0.3, 0.4) is 0 Å². The summed E-state index contributed by atoms with van der Waals surface area (Å²) >= 11 is 0. The number of benzene rings is 2. The van der Waals surface area contributed by atoms with Crippen LogP contribution in [-0.4, -0.2) is 19.1 Å². The van der Waals surface area contributed by atoms with E-state index in [1.165, 1.54) is 6.07 Å². The molecule has 0 heterocycles. The van der Waals surface area contributed by atoms with Gasteiger partial charge in [0.2, 0.25) is 0 Å². The Hall–Kier alpha value is -2.47. The van der Waals surface area contributed by atoms with Gasteiger partial charge in [0.25, 0.3) is 5.91 Å². The molecule has 0 fully saturated rings. The van der Waals surface area contributed by atoms with Crippen LogP contribution < -0.4 is 15.8 Å². The van der Waals surface area contributed by atoms with E-state index in [9.17, 15) is 13.6 Å². The molecular weight excluding hydrogens is 278 g/mol. The normalized spacial score (nSPS) is 10.2. The number of carbonyl (C=O) groups excluding carboxylic acids is 1. The van der Waals surface area contributed by atoms with Crippen molar-refractivity contribution in [2.24, 2.45) is 5.73 Å². The van der Waals surface area contributed by atoms with E-state index < -0.39 is 23.1 Å². The first-order chi connectivity index (χ1) is 10.1. The van der Waals surface area contributed by atoms with Gasteiger partial charge in [-0.15, -0.1) is 0 Å². The summed E-state index contributed by atoms with van der Waals surface area (Å²) < 4.78 is 32.2. The predicted molar refractivity (Wildman–Crippen MR) is 75.3 cm³/mol. The molecule has 0 saturated carbocycles. The van der Waals surface area contributed by atoms with E-state index in [0.29, 0.717) is 24.6 Å². The van der Waals surface area contributed by atoms with Gasteiger partial charge >= 0.3 is 0 Å². The third-order valence-electron chi connectivity index (χ3n) is 2.69. The highest BCUT2D eigenvalue weighted by molar-refractivity contribution is 6.04. The summed E-state index contributed by atoms with van der Waals surface area (Å²) in [4.78, 5) is 11.9. The van der Waals surface area contributed by atoms with Crippen molar-refractivity contribution in [2.75, 3.05) is 18.5 Å². The van der Waals surface area contributed by atoms with Crippen LogP contribution >= 0.6 is 0 Å². The number of rotatable bonds is 5. The molecular formula is C15H14F2N2O2. The van der Waals surface area contributed by atoms with Gasteiger partial charge in [-0.3, -0.25) is 4.79 Å². The molecule has 0 bridgehead atoms. The highest BCUT2D eigenvalue weighted by Crippen LogP contribution is 2.18. The molecule has 3 N–H and O–H groups in total. The molecule has 0 aliphatic rings. The Morgan fingerprint density at radius 1 is 1.10 bits per heavy atom. The first kappa shape index (κ1) is 14.9. The molecule has 110 valence electrons. The molecule has 0 aliphatic carbocycles. The quantitative estimate of drug-likeness (QED) is 0.890. The number of nitrogens with two attached hydrogens (primary N) is 1. The van der Waals surface area contributed by atoms with Crippen LogP contribution in [0.25, 0.3) is 0 Å². The number of anilines is 1. The van der Waals surface area contributed by atoms with E-state index in [1.807, 2.05) is 0 Å². The fourth-order valence-electron chi connectivity index (χ4n) is 1.72. The SMILES string of the molecule is NCCOc1ccc(NC(=O)c2c(F)cccc2F)cc1. The second-order valence-electron chi connectivity index (χ2n) is 4.21. The van der Waals surface area contributed by atoms with Crippen molar-refractivity contribution in [2.45, 2.75) is 0 Å². The molecule has 6 heteroatoms. The van der Waals surface area contributed by atoms with E-state index >= 15 is 0 Å². The van der Waals surface area contributed by atoms with Crippen LogP contribution in [-0.2, 0) is 0 Å². The number of ether oxygens (including phenoxy) is 1. The minimum atomic E-state index is -0.907. The average molecular weight is 292 g/mol. The van der Waals surface area contributed by atoms with Gasteiger partial charge in [0, 0.05) is 12.2 Å². The molecule has 0 aliphatic heterocycles. The summed E-state index contributed by atoms with van der Waals surface area (Å²) in [6.07, 6.45) is 0. The van der Waals surface area contributed by atoms with E-state index in [-0.39, 0.29) is 0 Å². The number of nitrogens with one attached hydrogen (secondary N) is 1. The topological polar surface area (TPSA) is 64.3 Å². The van der Waals surface area contributed by atoms with Crippen LogP contribution in [0, 0.1) is 11.6 Å². The number of halogens is 2. The smallest absolute Gasteiger partial charge is 0.261 e. The number of carbonyl (C=O) groups is 1. The lowest BCUT2D eigenvalue weighted by Gasteiger charge is -2.08.